The van der Waals surface area contributed by atoms with Gasteiger partial charge in [-0.1, -0.05) is 81.4 Å². The van der Waals surface area contributed by atoms with Gasteiger partial charge in [0.1, 0.15) is 0 Å². The van der Waals surface area contributed by atoms with Gasteiger partial charge < -0.3 is 4.74 Å². The Morgan fingerprint density at radius 2 is 1.43 bits per heavy atom. The summed E-state index contributed by atoms with van der Waals surface area (Å²) in [4.78, 5) is 0. The summed E-state index contributed by atoms with van der Waals surface area (Å²) in [5.74, 6) is 2.47. The molecule has 0 saturated carbocycles. The predicted molar refractivity (Wildman–Crippen MR) is 105 cm³/mol. The summed E-state index contributed by atoms with van der Waals surface area (Å²) in [7, 11) is 0. The Labute approximate surface area is 147 Å². The molecule has 0 aliphatic rings. The zero-order chi connectivity index (χ0) is 16.4. The van der Waals surface area contributed by atoms with Gasteiger partial charge in [-0.05, 0) is 24.2 Å². The smallest absolute Gasteiger partial charge is 0.0644 e. The fourth-order valence-electron chi connectivity index (χ4n) is 2.58. The van der Waals surface area contributed by atoms with Crippen LogP contribution in [-0.4, -0.2) is 19.0 Å². The van der Waals surface area contributed by atoms with Crippen molar-refractivity contribution in [2.45, 2.75) is 63.5 Å². The first-order valence-electron chi connectivity index (χ1n) is 9.24. The molecular weight excluding hydrogens is 300 g/mol. The van der Waals surface area contributed by atoms with E-state index in [-0.39, 0.29) is 0 Å². The van der Waals surface area contributed by atoms with E-state index in [0.29, 0.717) is 6.61 Å². The number of hydrogen-bond acceptors (Lipinski definition) is 2. The summed E-state index contributed by atoms with van der Waals surface area (Å²) in [6, 6.07) is 10.8. The molecule has 0 unspecified atom stereocenters. The Morgan fingerprint density at radius 1 is 0.826 bits per heavy atom. The van der Waals surface area contributed by atoms with Gasteiger partial charge in [-0.3, -0.25) is 0 Å². The van der Waals surface area contributed by atoms with Crippen LogP contribution in [0, 0.1) is 0 Å². The summed E-state index contributed by atoms with van der Waals surface area (Å²) < 4.78 is 5.38. The number of ether oxygens (including phenoxy) is 1. The number of rotatable bonds is 16. The Morgan fingerprint density at radius 3 is 2.09 bits per heavy atom. The molecule has 0 saturated heterocycles. The average molecular weight is 335 g/mol. The van der Waals surface area contributed by atoms with Gasteiger partial charge in [0.25, 0.3) is 0 Å². The number of hydrogen-bond donors (Lipinski definition) is 0. The second kappa shape index (κ2) is 16.1. The van der Waals surface area contributed by atoms with E-state index in [9.17, 15) is 0 Å². The van der Waals surface area contributed by atoms with Gasteiger partial charge in [0, 0.05) is 12.4 Å². The number of thioether (sulfide) groups is 1. The highest BCUT2D eigenvalue weighted by Gasteiger charge is 1.95. The lowest BCUT2D eigenvalue weighted by Crippen LogP contribution is -1.93. The second-order valence-electron chi connectivity index (χ2n) is 6.08. The largest absolute Gasteiger partial charge is 0.377 e. The van der Waals surface area contributed by atoms with E-state index in [4.69, 9.17) is 4.74 Å². The molecule has 1 aromatic rings. The zero-order valence-electron chi connectivity index (χ0n) is 14.7. The van der Waals surface area contributed by atoms with Crippen molar-refractivity contribution in [3.05, 3.63) is 48.6 Å². The maximum absolute atomic E-state index is 5.38. The molecule has 130 valence electrons. The fourth-order valence-corrected chi connectivity index (χ4v) is 3.56. The Balaban J connectivity index is 1.72. The van der Waals surface area contributed by atoms with Crippen molar-refractivity contribution < 1.29 is 4.74 Å². The second-order valence-corrected chi connectivity index (χ2v) is 7.19. The minimum Gasteiger partial charge on any atom is -0.377 e. The SMILES string of the molecule is C=CCOCCCCCCCCCCCSCc1ccccc1. The van der Waals surface area contributed by atoms with Crippen molar-refractivity contribution in [3.8, 4) is 0 Å². The maximum Gasteiger partial charge on any atom is 0.0644 e. The van der Waals surface area contributed by atoms with Gasteiger partial charge in [-0.15, -0.1) is 6.58 Å². The minimum atomic E-state index is 0.698. The lowest BCUT2D eigenvalue weighted by atomic mass is 10.1. The highest BCUT2D eigenvalue weighted by atomic mass is 32.2. The Bertz CT molecular complexity index is 363. The molecular formula is C21H34OS. The molecule has 0 atom stereocenters. The van der Waals surface area contributed by atoms with Crippen molar-refractivity contribution in [2.24, 2.45) is 0 Å². The van der Waals surface area contributed by atoms with Crippen LogP contribution in [0.1, 0.15) is 63.4 Å². The van der Waals surface area contributed by atoms with Crippen LogP contribution in [0.2, 0.25) is 0 Å². The standard InChI is InChI=1S/C21H34OS/c1-2-17-22-18-13-8-6-4-3-5-7-9-14-19-23-20-21-15-11-10-12-16-21/h2,10-12,15-16H,1,3-9,13-14,17-20H2. The van der Waals surface area contributed by atoms with Crippen molar-refractivity contribution in [2.75, 3.05) is 19.0 Å². The number of unbranched alkanes of at least 4 members (excludes halogenated alkanes) is 8. The van der Waals surface area contributed by atoms with Crippen LogP contribution in [0.4, 0.5) is 0 Å². The normalized spacial score (nSPS) is 10.8. The van der Waals surface area contributed by atoms with Crippen LogP contribution in [0.25, 0.3) is 0 Å². The van der Waals surface area contributed by atoms with E-state index in [0.717, 1.165) is 12.4 Å². The quantitative estimate of drug-likeness (QED) is 0.248. The highest BCUT2D eigenvalue weighted by molar-refractivity contribution is 7.98. The number of benzene rings is 1. The molecule has 1 nitrogen and oxygen atoms in total. The van der Waals surface area contributed by atoms with E-state index in [2.05, 4.69) is 48.7 Å². The summed E-state index contributed by atoms with van der Waals surface area (Å²) in [6.07, 6.45) is 14.1. The van der Waals surface area contributed by atoms with E-state index in [1.54, 1.807) is 0 Å². The molecule has 0 aliphatic carbocycles. The maximum atomic E-state index is 5.38. The van der Waals surface area contributed by atoms with E-state index in [1.807, 2.05) is 6.08 Å². The third-order valence-electron chi connectivity index (χ3n) is 3.92. The van der Waals surface area contributed by atoms with Gasteiger partial charge in [0.2, 0.25) is 0 Å². The molecule has 1 rings (SSSR count). The molecule has 0 spiro atoms. The summed E-state index contributed by atoms with van der Waals surface area (Å²) >= 11 is 2.07. The van der Waals surface area contributed by atoms with Crippen molar-refractivity contribution in [3.63, 3.8) is 0 Å². The molecule has 0 N–H and O–H groups in total. The molecule has 23 heavy (non-hydrogen) atoms. The molecule has 0 bridgehead atoms. The molecule has 0 fully saturated rings. The molecule has 2 heteroatoms. The third kappa shape index (κ3) is 13.4. The third-order valence-corrected chi connectivity index (χ3v) is 5.04. The molecule has 0 radical (unpaired) electrons. The summed E-state index contributed by atoms with van der Waals surface area (Å²) in [5.41, 5.74) is 1.45. The lowest BCUT2D eigenvalue weighted by Gasteiger charge is -2.04. The zero-order valence-corrected chi connectivity index (χ0v) is 15.5. The first-order valence-corrected chi connectivity index (χ1v) is 10.4. The van der Waals surface area contributed by atoms with Crippen molar-refractivity contribution in [1.29, 1.82) is 0 Å². The predicted octanol–water partition coefficient (Wildman–Crippen LogP) is 6.63. The van der Waals surface area contributed by atoms with Crippen molar-refractivity contribution in [1.82, 2.24) is 0 Å². The first-order chi connectivity index (χ1) is 11.4. The van der Waals surface area contributed by atoms with Crippen LogP contribution in [0.3, 0.4) is 0 Å². The molecule has 0 heterocycles. The van der Waals surface area contributed by atoms with Crippen LogP contribution < -0.4 is 0 Å². The van der Waals surface area contributed by atoms with Gasteiger partial charge in [-0.2, -0.15) is 11.8 Å². The Hall–Kier alpha value is -0.730. The molecule has 0 amide bonds. The average Bonchev–Trinajstić information content (AvgIpc) is 2.59. The van der Waals surface area contributed by atoms with E-state index < -0.39 is 0 Å². The van der Waals surface area contributed by atoms with Gasteiger partial charge in [0.05, 0.1) is 6.61 Å². The van der Waals surface area contributed by atoms with E-state index >= 15 is 0 Å². The van der Waals surface area contributed by atoms with Gasteiger partial charge in [0.15, 0.2) is 0 Å². The topological polar surface area (TPSA) is 9.23 Å². The van der Waals surface area contributed by atoms with Crippen molar-refractivity contribution >= 4 is 11.8 Å². The molecule has 0 aliphatic heterocycles. The van der Waals surface area contributed by atoms with Gasteiger partial charge in [-0.25, -0.2) is 0 Å². The van der Waals surface area contributed by atoms with Crippen LogP contribution >= 0.6 is 11.8 Å². The minimum absolute atomic E-state index is 0.698. The first kappa shape index (κ1) is 20.3. The van der Waals surface area contributed by atoms with E-state index in [1.165, 1.54) is 69.1 Å². The highest BCUT2D eigenvalue weighted by Crippen LogP contribution is 2.15. The van der Waals surface area contributed by atoms with Crippen LogP contribution in [0.5, 0.6) is 0 Å². The summed E-state index contributed by atoms with van der Waals surface area (Å²) in [5, 5.41) is 0. The fraction of sp³-hybridized carbons (Fsp3) is 0.619. The Kier molecular flexibility index (Phi) is 14.3. The lowest BCUT2D eigenvalue weighted by molar-refractivity contribution is 0.157. The molecule has 1 aromatic carbocycles. The monoisotopic (exact) mass is 334 g/mol. The molecule has 0 aromatic heterocycles. The van der Waals surface area contributed by atoms with Crippen LogP contribution in [0.15, 0.2) is 43.0 Å². The van der Waals surface area contributed by atoms with Gasteiger partial charge >= 0.3 is 0 Å². The summed E-state index contributed by atoms with van der Waals surface area (Å²) in [6.45, 7) is 5.24. The van der Waals surface area contributed by atoms with Crippen LogP contribution in [-0.2, 0) is 10.5 Å².